The van der Waals surface area contributed by atoms with Crippen molar-refractivity contribution in [3.8, 4) is 23.0 Å². The van der Waals surface area contributed by atoms with Crippen LogP contribution in [0.25, 0.3) is 11.5 Å². The highest BCUT2D eigenvalue weighted by atomic mass is 32.2. The maximum absolute atomic E-state index is 13.0. The number of ether oxygens (including phenoxy) is 2. The third-order valence-corrected chi connectivity index (χ3v) is 6.17. The van der Waals surface area contributed by atoms with Crippen LogP contribution < -0.4 is 9.47 Å². The summed E-state index contributed by atoms with van der Waals surface area (Å²) in [6.45, 7) is 2.05. The Labute approximate surface area is 184 Å². The van der Waals surface area contributed by atoms with Crippen LogP contribution >= 0.6 is 11.8 Å². The predicted molar refractivity (Wildman–Crippen MR) is 114 cm³/mol. The smallest absolute Gasteiger partial charge is 0.277 e. The van der Waals surface area contributed by atoms with Crippen molar-refractivity contribution in [2.45, 2.75) is 30.5 Å². The molecule has 8 nitrogen and oxygen atoms in total. The standard InChI is InChI=1S/C22H22N4O4S/c27-20(14-31-22-25-24-21(30-22)16-4-1-8-23-13-16)26-9-2-5-17(26)15-6-7-18-19(12-15)29-11-3-10-28-18/h1,4,6-8,12-13,17H,2-3,5,9-11,14H2/t17-/m1/s1. The van der Waals surface area contributed by atoms with Gasteiger partial charge in [0, 0.05) is 25.4 Å². The van der Waals surface area contributed by atoms with Gasteiger partial charge in [-0.25, -0.2) is 0 Å². The molecule has 160 valence electrons. The van der Waals surface area contributed by atoms with Crippen molar-refractivity contribution in [2.75, 3.05) is 25.5 Å². The van der Waals surface area contributed by atoms with E-state index in [2.05, 4.69) is 15.2 Å². The summed E-state index contributed by atoms with van der Waals surface area (Å²) in [7, 11) is 0. The van der Waals surface area contributed by atoms with Crippen LogP contribution in [0.3, 0.4) is 0 Å². The highest BCUT2D eigenvalue weighted by Gasteiger charge is 2.31. The van der Waals surface area contributed by atoms with Crippen molar-refractivity contribution < 1.29 is 18.7 Å². The molecule has 0 spiro atoms. The van der Waals surface area contributed by atoms with Crippen LogP contribution in [0.15, 0.2) is 52.4 Å². The molecule has 1 aromatic carbocycles. The van der Waals surface area contributed by atoms with E-state index in [1.165, 1.54) is 11.8 Å². The van der Waals surface area contributed by atoms with E-state index < -0.39 is 0 Å². The van der Waals surface area contributed by atoms with Gasteiger partial charge in [-0.15, -0.1) is 10.2 Å². The summed E-state index contributed by atoms with van der Waals surface area (Å²) >= 11 is 1.26. The zero-order valence-electron chi connectivity index (χ0n) is 16.9. The topological polar surface area (TPSA) is 90.6 Å². The minimum absolute atomic E-state index is 0.0406. The Hall–Kier alpha value is -3.07. The average Bonchev–Trinajstić information content (AvgIpc) is 3.43. The van der Waals surface area contributed by atoms with E-state index in [9.17, 15) is 4.79 Å². The second kappa shape index (κ2) is 8.97. The Kier molecular flexibility index (Phi) is 5.75. The van der Waals surface area contributed by atoms with Gasteiger partial charge in [0.15, 0.2) is 11.5 Å². The van der Waals surface area contributed by atoms with Gasteiger partial charge in [-0.05, 0) is 42.7 Å². The van der Waals surface area contributed by atoms with Gasteiger partial charge >= 0.3 is 0 Å². The second-order valence-electron chi connectivity index (χ2n) is 7.41. The lowest BCUT2D eigenvalue weighted by Crippen LogP contribution is -2.32. The molecule has 0 unspecified atom stereocenters. The Morgan fingerprint density at radius 1 is 1.13 bits per heavy atom. The molecule has 0 saturated carbocycles. The number of carbonyl (C=O) groups excluding carboxylic acids is 1. The van der Waals surface area contributed by atoms with Crippen molar-refractivity contribution >= 4 is 17.7 Å². The molecular weight excluding hydrogens is 416 g/mol. The van der Waals surface area contributed by atoms with E-state index in [0.717, 1.165) is 48.4 Å². The Morgan fingerprint density at radius 2 is 2.03 bits per heavy atom. The molecule has 1 saturated heterocycles. The van der Waals surface area contributed by atoms with E-state index >= 15 is 0 Å². The molecule has 1 atom stereocenters. The molecular formula is C22H22N4O4S. The first-order chi connectivity index (χ1) is 15.3. The monoisotopic (exact) mass is 438 g/mol. The van der Waals surface area contributed by atoms with Crippen LogP contribution in [-0.4, -0.2) is 51.5 Å². The minimum atomic E-state index is 0.0406. The van der Waals surface area contributed by atoms with Gasteiger partial charge in [0.05, 0.1) is 30.6 Å². The lowest BCUT2D eigenvalue weighted by Gasteiger charge is -2.25. The molecule has 9 heteroatoms. The van der Waals surface area contributed by atoms with Crippen molar-refractivity contribution in [1.29, 1.82) is 0 Å². The predicted octanol–water partition coefficient (Wildman–Crippen LogP) is 3.75. The first-order valence-electron chi connectivity index (χ1n) is 10.3. The number of fused-ring (bicyclic) bond motifs is 1. The van der Waals surface area contributed by atoms with Crippen molar-refractivity contribution in [2.24, 2.45) is 0 Å². The van der Waals surface area contributed by atoms with Gasteiger partial charge in [-0.2, -0.15) is 0 Å². The molecule has 1 fully saturated rings. The van der Waals surface area contributed by atoms with E-state index in [0.29, 0.717) is 24.3 Å². The molecule has 0 N–H and O–H groups in total. The van der Waals surface area contributed by atoms with E-state index in [1.807, 2.05) is 35.2 Å². The fraction of sp³-hybridized carbons (Fsp3) is 0.364. The lowest BCUT2D eigenvalue weighted by molar-refractivity contribution is -0.129. The van der Waals surface area contributed by atoms with E-state index in [4.69, 9.17) is 13.9 Å². The second-order valence-corrected chi connectivity index (χ2v) is 8.33. The van der Waals surface area contributed by atoms with Crippen molar-refractivity contribution in [3.63, 3.8) is 0 Å². The summed E-state index contributed by atoms with van der Waals surface area (Å²) in [6, 6.07) is 9.70. The molecule has 0 radical (unpaired) electrons. The van der Waals surface area contributed by atoms with Crippen LogP contribution in [-0.2, 0) is 4.79 Å². The highest BCUT2D eigenvalue weighted by molar-refractivity contribution is 7.99. The molecule has 2 aliphatic rings. The zero-order valence-corrected chi connectivity index (χ0v) is 17.7. The van der Waals surface area contributed by atoms with Gasteiger partial charge < -0.3 is 18.8 Å². The number of rotatable bonds is 5. The number of nitrogens with zero attached hydrogens (tertiary/aromatic N) is 4. The largest absolute Gasteiger partial charge is 0.490 e. The summed E-state index contributed by atoms with van der Waals surface area (Å²) in [5, 5.41) is 8.46. The van der Waals surface area contributed by atoms with E-state index in [1.54, 1.807) is 12.4 Å². The number of carbonyl (C=O) groups is 1. The van der Waals surface area contributed by atoms with Crippen molar-refractivity contribution in [3.05, 3.63) is 48.3 Å². The number of aromatic nitrogens is 3. The molecule has 2 aliphatic heterocycles. The first kappa shape index (κ1) is 19.9. The molecule has 3 aromatic rings. The van der Waals surface area contributed by atoms with Gasteiger partial charge in [-0.3, -0.25) is 9.78 Å². The Morgan fingerprint density at radius 3 is 2.90 bits per heavy atom. The normalized spacial score (nSPS) is 18.1. The lowest BCUT2D eigenvalue weighted by atomic mass is 10.0. The highest BCUT2D eigenvalue weighted by Crippen LogP contribution is 2.38. The fourth-order valence-corrected chi connectivity index (χ4v) is 4.53. The van der Waals surface area contributed by atoms with Gasteiger partial charge in [0.1, 0.15) is 0 Å². The number of benzene rings is 1. The number of hydrogen-bond acceptors (Lipinski definition) is 8. The summed E-state index contributed by atoms with van der Waals surface area (Å²) < 4.78 is 17.2. The fourth-order valence-electron chi connectivity index (χ4n) is 3.88. The maximum atomic E-state index is 13.0. The first-order valence-corrected chi connectivity index (χ1v) is 11.3. The molecule has 4 heterocycles. The molecule has 31 heavy (non-hydrogen) atoms. The third kappa shape index (κ3) is 4.36. The minimum Gasteiger partial charge on any atom is -0.490 e. The molecule has 0 bridgehead atoms. The van der Waals surface area contributed by atoms with Gasteiger partial charge in [0.2, 0.25) is 11.8 Å². The van der Waals surface area contributed by atoms with Crippen LogP contribution in [0.5, 0.6) is 11.5 Å². The number of thioether (sulfide) groups is 1. The van der Waals surface area contributed by atoms with Crippen LogP contribution in [0.2, 0.25) is 0 Å². The number of likely N-dealkylation sites (tertiary alicyclic amines) is 1. The van der Waals surface area contributed by atoms with Crippen LogP contribution in [0, 0.1) is 0 Å². The Balaban J connectivity index is 1.24. The zero-order chi connectivity index (χ0) is 21.0. The average molecular weight is 439 g/mol. The van der Waals surface area contributed by atoms with Crippen molar-refractivity contribution in [1.82, 2.24) is 20.1 Å². The van der Waals surface area contributed by atoms with Crippen LogP contribution in [0.1, 0.15) is 30.9 Å². The summed E-state index contributed by atoms with van der Waals surface area (Å²) in [4.78, 5) is 19.0. The van der Waals surface area contributed by atoms with Gasteiger partial charge in [-0.1, -0.05) is 17.8 Å². The summed E-state index contributed by atoms with van der Waals surface area (Å²) in [6.07, 6.45) is 6.12. The number of amides is 1. The van der Waals surface area contributed by atoms with Crippen LogP contribution in [0.4, 0.5) is 0 Å². The quantitative estimate of drug-likeness (QED) is 0.557. The molecule has 2 aromatic heterocycles. The summed E-state index contributed by atoms with van der Waals surface area (Å²) in [5.41, 5.74) is 1.83. The van der Waals surface area contributed by atoms with E-state index in [-0.39, 0.29) is 17.7 Å². The maximum Gasteiger partial charge on any atom is 0.277 e. The SMILES string of the molecule is O=C(CSc1nnc(-c2cccnc2)o1)N1CCC[C@@H]1c1ccc2c(c1)OCCCO2. The molecule has 5 rings (SSSR count). The number of pyridine rings is 1. The Bertz CT molecular complexity index is 1060. The molecule has 0 aliphatic carbocycles. The van der Waals surface area contributed by atoms with Gasteiger partial charge in [0.25, 0.3) is 5.22 Å². The molecule has 1 amide bonds. The third-order valence-electron chi connectivity index (χ3n) is 5.36. The number of hydrogen-bond donors (Lipinski definition) is 0. The summed E-state index contributed by atoms with van der Waals surface area (Å²) in [5.74, 6) is 2.23.